The van der Waals surface area contributed by atoms with Crippen molar-refractivity contribution in [3.05, 3.63) is 32.4 Å². The number of carbonyl (C=O) groups is 1. The maximum atomic E-state index is 11.6. The van der Waals surface area contributed by atoms with Crippen molar-refractivity contribution in [2.75, 3.05) is 11.9 Å². The third kappa shape index (κ3) is 3.40. The Morgan fingerprint density at radius 3 is 2.93 bits per heavy atom. The quantitative estimate of drug-likeness (QED) is 0.626. The van der Waals surface area contributed by atoms with E-state index >= 15 is 0 Å². The Hall–Kier alpha value is 0.190. The Labute approximate surface area is 110 Å². The molecule has 76 valence electrons. The molecule has 14 heavy (non-hydrogen) atoms. The van der Waals surface area contributed by atoms with Crippen LogP contribution in [0.4, 0.5) is 0 Å². The molecular formula is C9H8BrClINO. The molecule has 0 saturated heterocycles. The van der Waals surface area contributed by atoms with Crippen molar-refractivity contribution in [3.63, 3.8) is 0 Å². The standard InChI is InChI=1S/C9H8BrClINO/c10-3-4-13-9(14)7-5-6(11)1-2-8(7)12/h1-2,5H,3-4H2,(H,13,14). The first-order chi connectivity index (χ1) is 6.65. The van der Waals surface area contributed by atoms with Gasteiger partial charge in [0.25, 0.3) is 5.91 Å². The second-order valence-electron chi connectivity index (χ2n) is 2.57. The van der Waals surface area contributed by atoms with E-state index in [9.17, 15) is 4.79 Å². The highest BCUT2D eigenvalue weighted by Gasteiger charge is 2.09. The van der Waals surface area contributed by atoms with Gasteiger partial charge in [-0.2, -0.15) is 0 Å². The fourth-order valence-electron chi connectivity index (χ4n) is 0.928. The van der Waals surface area contributed by atoms with Gasteiger partial charge < -0.3 is 5.32 Å². The van der Waals surface area contributed by atoms with Crippen LogP contribution in [0.15, 0.2) is 18.2 Å². The van der Waals surface area contributed by atoms with Crippen LogP contribution in [0.5, 0.6) is 0 Å². The highest BCUT2D eigenvalue weighted by Crippen LogP contribution is 2.17. The first-order valence-corrected chi connectivity index (χ1v) is 6.52. The SMILES string of the molecule is O=C(NCCBr)c1cc(Cl)ccc1I. The highest BCUT2D eigenvalue weighted by atomic mass is 127. The van der Waals surface area contributed by atoms with Gasteiger partial charge in [0, 0.05) is 20.5 Å². The molecule has 0 bridgehead atoms. The number of benzene rings is 1. The fraction of sp³-hybridized carbons (Fsp3) is 0.222. The summed E-state index contributed by atoms with van der Waals surface area (Å²) in [6, 6.07) is 5.27. The molecule has 1 amide bonds. The Balaban J connectivity index is 2.83. The lowest BCUT2D eigenvalue weighted by atomic mass is 10.2. The van der Waals surface area contributed by atoms with E-state index in [0.717, 1.165) is 8.90 Å². The molecule has 0 saturated carbocycles. The average Bonchev–Trinajstić information content (AvgIpc) is 2.18. The summed E-state index contributed by atoms with van der Waals surface area (Å²) in [6.07, 6.45) is 0. The first-order valence-electron chi connectivity index (χ1n) is 3.94. The average molecular weight is 388 g/mol. The molecule has 0 radical (unpaired) electrons. The van der Waals surface area contributed by atoms with Crippen LogP contribution in [-0.2, 0) is 0 Å². The lowest BCUT2D eigenvalue weighted by Gasteiger charge is -2.05. The van der Waals surface area contributed by atoms with Gasteiger partial charge in [-0.1, -0.05) is 27.5 Å². The van der Waals surface area contributed by atoms with E-state index in [0.29, 0.717) is 17.1 Å². The minimum atomic E-state index is -0.0867. The van der Waals surface area contributed by atoms with Crippen molar-refractivity contribution < 1.29 is 4.79 Å². The third-order valence-corrected chi connectivity index (χ3v) is 3.13. The number of amides is 1. The van der Waals surface area contributed by atoms with Crippen molar-refractivity contribution in [1.82, 2.24) is 5.32 Å². The highest BCUT2D eigenvalue weighted by molar-refractivity contribution is 14.1. The van der Waals surface area contributed by atoms with Gasteiger partial charge in [0.15, 0.2) is 0 Å². The van der Waals surface area contributed by atoms with Gasteiger partial charge in [0.1, 0.15) is 0 Å². The van der Waals surface area contributed by atoms with Crippen molar-refractivity contribution in [3.8, 4) is 0 Å². The number of rotatable bonds is 3. The van der Waals surface area contributed by atoms with Crippen LogP contribution in [0.1, 0.15) is 10.4 Å². The van der Waals surface area contributed by atoms with E-state index in [1.54, 1.807) is 12.1 Å². The molecule has 2 nitrogen and oxygen atoms in total. The molecule has 0 heterocycles. The summed E-state index contributed by atoms with van der Waals surface area (Å²) in [5.74, 6) is -0.0867. The minimum Gasteiger partial charge on any atom is -0.351 e. The Morgan fingerprint density at radius 2 is 2.29 bits per heavy atom. The van der Waals surface area contributed by atoms with Crippen molar-refractivity contribution in [2.45, 2.75) is 0 Å². The van der Waals surface area contributed by atoms with Gasteiger partial charge >= 0.3 is 0 Å². The summed E-state index contributed by atoms with van der Waals surface area (Å²) in [6.45, 7) is 0.613. The van der Waals surface area contributed by atoms with Gasteiger partial charge in [-0.3, -0.25) is 4.79 Å². The normalized spacial score (nSPS) is 9.93. The number of carbonyl (C=O) groups excluding carboxylic acids is 1. The summed E-state index contributed by atoms with van der Waals surface area (Å²) in [7, 11) is 0. The van der Waals surface area contributed by atoms with Crippen LogP contribution in [-0.4, -0.2) is 17.8 Å². The molecule has 0 atom stereocenters. The zero-order valence-corrected chi connectivity index (χ0v) is 11.7. The number of hydrogen-bond donors (Lipinski definition) is 1. The molecule has 0 aliphatic carbocycles. The maximum absolute atomic E-state index is 11.6. The topological polar surface area (TPSA) is 29.1 Å². The van der Waals surface area contributed by atoms with E-state index in [4.69, 9.17) is 11.6 Å². The largest absolute Gasteiger partial charge is 0.351 e. The molecule has 0 unspecified atom stereocenters. The number of alkyl halides is 1. The zero-order valence-electron chi connectivity index (χ0n) is 7.19. The molecule has 1 aromatic rings. The maximum Gasteiger partial charge on any atom is 0.252 e. The van der Waals surface area contributed by atoms with Gasteiger partial charge in [-0.05, 0) is 40.8 Å². The summed E-state index contributed by atoms with van der Waals surface area (Å²) >= 11 is 11.2. The zero-order chi connectivity index (χ0) is 10.6. The van der Waals surface area contributed by atoms with E-state index in [1.165, 1.54) is 0 Å². The molecule has 1 N–H and O–H groups in total. The van der Waals surface area contributed by atoms with Gasteiger partial charge in [-0.25, -0.2) is 0 Å². The number of nitrogens with one attached hydrogen (secondary N) is 1. The fourth-order valence-corrected chi connectivity index (χ4v) is 1.88. The van der Waals surface area contributed by atoms with E-state index in [-0.39, 0.29) is 5.91 Å². The molecule has 0 aliphatic rings. The predicted molar refractivity (Wildman–Crippen MR) is 70.3 cm³/mol. The van der Waals surface area contributed by atoms with Crippen LogP contribution in [0, 0.1) is 3.57 Å². The van der Waals surface area contributed by atoms with Crippen molar-refractivity contribution >= 4 is 56.0 Å². The van der Waals surface area contributed by atoms with E-state index < -0.39 is 0 Å². The van der Waals surface area contributed by atoms with Crippen molar-refractivity contribution in [2.24, 2.45) is 0 Å². The smallest absolute Gasteiger partial charge is 0.252 e. The number of hydrogen-bond acceptors (Lipinski definition) is 1. The molecule has 1 rings (SSSR count). The van der Waals surface area contributed by atoms with Crippen LogP contribution in [0.2, 0.25) is 5.02 Å². The van der Waals surface area contributed by atoms with Gasteiger partial charge in [0.2, 0.25) is 0 Å². The molecule has 0 aliphatic heterocycles. The van der Waals surface area contributed by atoms with Crippen LogP contribution in [0.25, 0.3) is 0 Å². The van der Waals surface area contributed by atoms with Crippen LogP contribution < -0.4 is 5.32 Å². The Bertz CT molecular complexity index is 346. The van der Waals surface area contributed by atoms with Crippen LogP contribution >= 0.6 is 50.1 Å². The van der Waals surface area contributed by atoms with E-state index in [2.05, 4.69) is 43.8 Å². The van der Waals surface area contributed by atoms with Gasteiger partial charge in [-0.15, -0.1) is 0 Å². The molecule has 0 fully saturated rings. The summed E-state index contributed by atoms with van der Waals surface area (Å²) in [4.78, 5) is 11.6. The Morgan fingerprint density at radius 1 is 1.57 bits per heavy atom. The minimum absolute atomic E-state index is 0.0867. The predicted octanol–water partition coefficient (Wildman–Crippen LogP) is 3.07. The molecule has 0 aromatic heterocycles. The van der Waals surface area contributed by atoms with Crippen molar-refractivity contribution in [1.29, 1.82) is 0 Å². The molecule has 1 aromatic carbocycles. The second kappa shape index (κ2) is 5.92. The van der Waals surface area contributed by atoms with E-state index in [1.807, 2.05) is 6.07 Å². The molecule has 0 spiro atoms. The first kappa shape index (κ1) is 12.3. The summed E-state index contributed by atoms with van der Waals surface area (Å²) in [5, 5.41) is 4.09. The third-order valence-electron chi connectivity index (χ3n) is 1.55. The van der Waals surface area contributed by atoms with Crippen LogP contribution in [0.3, 0.4) is 0 Å². The summed E-state index contributed by atoms with van der Waals surface area (Å²) in [5.41, 5.74) is 0.624. The van der Waals surface area contributed by atoms with Gasteiger partial charge in [0.05, 0.1) is 5.56 Å². The second-order valence-corrected chi connectivity index (χ2v) is 4.96. The lowest BCUT2D eigenvalue weighted by molar-refractivity contribution is 0.0955. The number of halogens is 3. The summed E-state index contributed by atoms with van der Waals surface area (Å²) < 4.78 is 0.902. The lowest BCUT2D eigenvalue weighted by Crippen LogP contribution is -2.25. The molecule has 5 heteroatoms. The monoisotopic (exact) mass is 387 g/mol. The molecular weight excluding hydrogens is 380 g/mol. The Kier molecular flexibility index (Phi) is 5.19.